The van der Waals surface area contributed by atoms with Gasteiger partial charge in [-0.1, -0.05) is 0 Å². The minimum Gasteiger partial charge on any atom is -0.456 e. The third-order valence-corrected chi connectivity index (χ3v) is 2.60. The first-order chi connectivity index (χ1) is 9.76. The minimum absolute atomic E-state index is 0.0470. The molecule has 2 rings (SSSR count). The average molecular weight is 291 g/mol. The molecule has 0 N–H and O–H groups in total. The summed E-state index contributed by atoms with van der Waals surface area (Å²) < 4.78 is 32.0. The maximum absolute atomic E-state index is 13.6. The second-order valence-corrected chi connectivity index (χ2v) is 5.56. The summed E-state index contributed by atoms with van der Waals surface area (Å²) in [4.78, 5) is 15.8. The van der Waals surface area contributed by atoms with Gasteiger partial charge in [0.05, 0.1) is 11.3 Å². The molecule has 0 fully saturated rings. The summed E-state index contributed by atoms with van der Waals surface area (Å²) >= 11 is 0. The molecule has 110 valence electrons. The minimum atomic E-state index is -0.607. The standard InChI is InChI=1S/C16H15F2NO2/c1-16(2,3)21-15(20)10-4-7-14(19-9-10)12-8-11(17)5-6-13(12)18/h4-9H,1-3H3. The molecule has 0 aliphatic carbocycles. The monoisotopic (exact) mass is 291 g/mol. The van der Waals surface area contributed by atoms with E-state index in [0.29, 0.717) is 0 Å². The van der Waals surface area contributed by atoms with E-state index in [1.54, 1.807) is 20.8 Å². The van der Waals surface area contributed by atoms with Crippen LogP contribution in [0, 0.1) is 11.6 Å². The number of carbonyl (C=O) groups excluding carboxylic acids is 1. The molecule has 0 bridgehead atoms. The summed E-state index contributed by atoms with van der Waals surface area (Å²) in [5, 5.41) is 0. The van der Waals surface area contributed by atoms with E-state index in [1.807, 2.05) is 0 Å². The predicted molar refractivity (Wildman–Crippen MR) is 74.8 cm³/mol. The zero-order valence-corrected chi connectivity index (χ0v) is 12.0. The van der Waals surface area contributed by atoms with Crippen LogP contribution in [0.15, 0.2) is 36.5 Å². The first-order valence-electron chi connectivity index (χ1n) is 6.41. The zero-order chi connectivity index (χ0) is 15.6. The van der Waals surface area contributed by atoms with Crippen molar-refractivity contribution in [2.45, 2.75) is 26.4 Å². The van der Waals surface area contributed by atoms with Crippen LogP contribution < -0.4 is 0 Å². The Hall–Kier alpha value is -2.30. The van der Waals surface area contributed by atoms with Gasteiger partial charge in [0.2, 0.25) is 0 Å². The summed E-state index contributed by atoms with van der Waals surface area (Å²) in [5.41, 5.74) is -0.0553. The molecule has 5 heteroatoms. The molecule has 0 spiro atoms. The van der Waals surface area contributed by atoms with Crippen LogP contribution in [-0.2, 0) is 4.74 Å². The van der Waals surface area contributed by atoms with Gasteiger partial charge in [-0.15, -0.1) is 0 Å². The fourth-order valence-corrected chi connectivity index (χ4v) is 1.70. The Morgan fingerprint density at radius 2 is 1.86 bits per heavy atom. The van der Waals surface area contributed by atoms with Gasteiger partial charge in [0.1, 0.15) is 17.2 Å². The lowest BCUT2D eigenvalue weighted by molar-refractivity contribution is 0.00691. The van der Waals surface area contributed by atoms with E-state index < -0.39 is 23.2 Å². The number of rotatable bonds is 2. The van der Waals surface area contributed by atoms with Crippen LogP contribution in [0.1, 0.15) is 31.1 Å². The first-order valence-corrected chi connectivity index (χ1v) is 6.41. The highest BCUT2D eigenvalue weighted by Gasteiger charge is 2.18. The second kappa shape index (κ2) is 5.60. The van der Waals surface area contributed by atoms with E-state index in [-0.39, 0.29) is 16.8 Å². The fourth-order valence-electron chi connectivity index (χ4n) is 1.70. The summed E-state index contributed by atoms with van der Waals surface area (Å²) in [6, 6.07) is 6.06. The molecule has 1 aromatic carbocycles. The smallest absolute Gasteiger partial charge is 0.340 e. The van der Waals surface area contributed by atoms with Crippen LogP contribution in [0.5, 0.6) is 0 Å². The van der Waals surface area contributed by atoms with E-state index >= 15 is 0 Å². The average Bonchev–Trinajstić information content (AvgIpc) is 2.40. The van der Waals surface area contributed by atoms with Crippen molar-refractivity contribution in [1.82, 2.24) is 4.98 Å². The fraction of sp³-hybridized carbons (Fsp3) is 0.250. The lowest BCUT2D eigenvalue weighted by atomic mass is 10.1. The number of esters is 1. The lowest BCUT2D eigenvalue weighted by Gasteiger charge is -2.19. The van der Waals surface area contributed by atoms with Crippen molar-refractivity contribution < 1.29 is 18.3 Å². The van der Waals surface area contributed by atoms with Crippen molar-refractivity contribution in [3.8, 4) is 11.3 Å². The van der Waals surface area contributed by atoms with Crippen LogP contribution >= 0.6 is 0 Å². The van der Waals surface area contributed by atoms with E-state index in [1.165, 1.54) is 18.3 Å². The van der Waals surface area contributed by atoms with Crippen LogP contribution in [0.25, 0.3) is 11.3 Å². The second-order valence-electron chi connectivity index (χ2n) is 5.56. The largest absolute Gasteiger partial charge is 0.456 e. The summed E-state index contributed by atoms with van der Waals surface area (Å²) in [6.07, 6.45) is 1.29. The first kappa shape index (κ1) is 15.1. The molecule has 0 saturated heterocycles. The molecule has 1 aromatic heterocycles. The van der Waals surface area contributed by atoms with Crippen molar-refractivity contribution in [2.24, 2.45) is 0 Å². The predicted octanol–water partition coefficient (Wildman–Crippen LogP) is 3.98. The van der Waals surface area contributed by atoms with Crippen molar-refractivity contribution >= 4 is 5.97 Å². The van der Waals surface area contributed by atoms with Gasteiger partial charge in [-0.25, -0.2) is 13.6 Å². The molecule has 2 aromatic rings. The number of benzene rings is 1. The van der Waals surface area contributed by atoms with Gasteiger partial charge in [-0.05, 0) is 51.1 Å². The molecule has 1 heterocycles. The normalized spacial score (nSPS) is 11.3. The van der Waals surface area contributed by atoms with Crippen LogP contribution in [0.3, 0.4) is 0 Å². The van der Waals surface area contributed by atoms with Gasteiger partial charge >= 0.3 is 5.97 Å². The van der Waals surface area contributed by atoms with Crippen molar-refractivity contribution in [2.75, 3.05) is 0 Å². The van der Waals surface area contributed by atoms with E-state index in [4.69, 9.17) is 4.74 Å². The Kier molecular flexibility index (Phi) is 4.02. The number of halogens is 2. The molecule has 0 saturated carbocycles. The number of aromatic nitrogens is 1. The number of hydrogen-bond acceptors (Lipinski definition) is 3. The van der Waals surface area contributed by atoms with Crippen LogP contribution in [-0.4, -0.2) is 16.6 Å². The maximum atomic E-state index is 13.6. The summed E-state index contributed by atoms with van der Waals surface area (Å²) in [6.45, 7) is 5.28. The van der Waals surface area contributed by atoms with E-state index in [9.17, 15) is 13.6 Å². The van der Waals surface area contributed by atoms with Gasteiger partial charge in [0, 0.05) is 11.8 Å². The number of nitrogens with zero attached hydrogens (tertiary/aromatic N) is 1. The maximum Gasteiger partial charge on any atom is 0.340 e. The van der Waals surface area contributed by atoms with Gasteiger partial charge in [0.15, 0.2) is 0 Å². The molecule has 0 amide bonds. The van der Waals surface area contributed by atoms with Crippen molar-refractivity contribution in [3.05, 3.63) is 53.7 Å². The Balaban J connectivity index is 2.27. The highest BCUT2D eigenvalue weighted by atomic mass is 19.1. The Morgan fingerprint density at radius 3 is 2.43 bits per heavy atom. The number of ether oxygens (including phenoxy) is 1. The molecule has 21 heavy (non-hydrogen) atoms. The number of hydrogen-bond donors (Lipinski definition) is 0. The Labute approximate surface area is 121 Å². The van der Waals surface area contributed by atoms with Crippen molar-refractivity contribution in [1.29, 1.82) is 0 Å². The topological polar surface area (TPSA) is 39.2 Å². The van der Waals surface area contributed by atoms with Crippen LogP contribution in [0.2, 0.25) is 0 Å². The molecule has 0 aliphatic rings. The van der Waals surface area contributed by atoms with Crippen molar-refractivity contribution in [3.63, 3.8) is 0 Å². The van der Waals surface area contributed by atoms with Crippen LogP contribution in [0.4, 0.5) is 8.78 Å². The molecular weight excluding hydrogens is 276 g/mol. The third-order valence-electron chi connectivity index (χ3n) is 2.60. The Bertz CT molecular complexity index is 661. The zero-order valence-electron chi connectivity index (χ0n) is 12.0. The molecular formula is C16H15F2NO2. The SMILES string of the molecule is CC(C)(C)OC(=O)c1ccc(-c2cc(F)ccc2F)nc1. The number of carbonyl (C=O) groups is 1. The summed E-state index contributed by atoms with van der Waals surface area (Å²) in [5.74, 6) is -1.64. The van der Waals surface area contributed by atoms with Gasteiger partial charge in [-0.3, -0.25) is 4.98 Å². The molecule has 3 nitrogen and oxygen atoms in total. The van der Waals surface area contributed by atoms with Gasteiger partial charge < -0.3 is 4.74 Å². The molecule has 0 unspecified atom stereocenters. The Morgan fingerprint density at radius 1 is 1.14 bits per heavy atom. The number of pyridine rings is 1. The van der Waals surface area contributed by atoms with E-state index in [0.717, 1.165) is 18.2 Å². The molecule has 0 atom stereocenters. The van der Waals surface area contributed by atoms with Gasteiger partial charge in [0.25, 0.3) is 0 Å². The summed E-state index contributed by atoms with van der Waals surface area (Å²) in [7, 11) is 0. The quantitative estimate of drug-likeness (QED) is 0.786. The van der Waals surface area contributed by atoms with E-state index in [2.05, 4.69) is 4.98 Å². The van der Waals surface area contributed by atoms with Gasteiger partial charge in [-0.2, -0.15) is 0 Å². The third kappa shape index (κ3) is 3.84. The highest BCUT2D eigenvalue weighted by Crippen LogP contribution is 2.22. The highest BCUT2D eigenvalue weighted by molar-refractivity contribution is 5.89. The lowest BCUT2D eigenvalue weighted by Crippen LogP contribution is -2.23. The molecule has 0 radical (unpaired) electrons. The molecule has 0 aliphatic heterocycles.